The molecule has 2 amide bonds. The number of allylic oxidation sites excluding steroid dienone is 2. The van der Waals surface area contributed by atoms with Gasteiger partial charge in [0.15, 0.2) is 0 Å². The fraction of sp³-hybridized carbons (Fsp3) is 0.375. The van der Waals surface area contributed by atoms with Gasteiger partial charge >= 0.3 is 5.97 Å². The SMILES string of the molecule is O=C(CCN1C(=O)C2C3C=CC(C4CC34)C2C1=O)Oc1ccc2ccccc2c1. The third kappa shape index (κ3) is 2.49. The summed E-state index contributed by atoms with van der Waals surface area (Å²) in [5.74, 6) is 1.02. The normalized spacial score (nSPS) is 33.7. The Morgan fingerprint density at radius 1 is 0.931 bits per heavy atom. The molecule has 2 aromatic rings. The zero-order chi connectivity index (χ0) is 19.7. The van der Waals surface area contributed by atoms with Gasteiger partial charge in [-0.15, -0.1) is 0 Å². The van der Waals surface area contributed by atoms with Gasteiger partial charge in [0.2, 0.25) is 11.8 Å². The Morgan fingerprint density at radius 3 is 2.28 bits per heavy atom. The van der Waals surface area contributed by atoms with Crippen LogP contribution in [-0.2, 0) is 14.4 Å². The van der Waals surface area contributed by atoms with Crippen molar-refractivity contribution < 1.29 is 19.1 Å². The molecule has 2 aromatic carbocycles. The van der Waals surface area contributed by atoms with E-state index in [0.29, 0.717) is 17.6 Å². The van der Waals surface area contributed by atoms with Crippen molar-refractivity contribution in [3.8, 4) is 5.75 Å². The number of hydrogen-bond acceptors (Lipinski definition) is 4. The Hall–Kier alpha value is -2.95. The molecular weight excluding hydrogens is 366 g/mol. The quantitative estimate of drug-likeness (QED) is 0.350. The van der Waals surface area contributed by atoms with Crippen LogP contribution in [0.5, 0.6) is 5.75 Å². The second kappa shape index (κ2) is 6.02. The first-order chi connectivity index (χ1) is 14.1. The average Bonchev–Trinajstić information content (AvgIpc) is 3.51. The Labute approximate surface area is 168 Å². The predicted octanol–water partition coefficient (Wildman–Crippen LogP) is 3.19. The lowest BCUT2D eigenvalue weighted by Crippen LogP contribution is -2.40. The molecule has 6 unspecified atom stereocenters. The van der Waals surface area contributed by atoms with Crippen LogP contribution in [0.3, 0.4) is 0 Å². The summed E-state index contributed by atoms with van der Waals surface area (Å²) < 4.78 is 5.45. The maximum atomic E-state index is 12.9. The number of ether oxygens (including phenoxy) is 1. The van der Waals surface area contributed by atoms with E-state index in [1.54, 1.807) is 6.07 Å². The molecule has 29 heavy (non-hydrogen) atoms. The van der Waals surface area contributed by atoms with Gasteiger partial charge in [-0.05, 0) is 53.0 Å². The van der Waals surface area contributed by atoms with Crippen molar-refractivity contribution >= 4 is 28.6 Å². The molecule has 1 saturated heterocycles. The smallest absolute Gasteiger partial charge is 0.312 e. The molecule has 1 heterocycles. The van der Waals surface area contributed by atoms with Crippen molar-refractivity contribution in [2.24, 2.45) is 35.5 Å². The summed E-state index contributed by atoms with van der Waals surface area (Å²) >= 11 is 0. The van der Waals surface area contributed by atoms with Crippen molar-refractivity contribution in [2.75, 3.05) is 6.54 Å². The number of hydrogen-bond donors (Lipinski definition) is 0. The average molecular weight is 387 g/mol. The van der Waals surface area contributed by atoms with E-state index in [2.05, 4.69) is 12.2 Å². The molecule has 0 radical (unpaired) electrons. The number of rotatable bonds is 4. The monoisotopic (exact) mass is 387 g/mol. The van der Waals surface area contributed by atoms with Crippen LogP contribution >= 0.6 is 0 Å². The van der Waals surface area contributed by atoms with Gasteiger partial charge in [0.1, 0.15) is 5.75 Å². The number of likely N-dealkylation sites (tertiary alicyclic amines) is 1. The summed E-state index contributed by atoms with van der Waals surface area (Å²) in [6.07, 6.45) is 5.47. The van der Waals surface area contributed by atoms with Crippen molar-refractivity contribution in [2.45, 2.75) is 12.8 Å². The van der Waals surface area contributed by atoms with Gasteiger partial charge in [0.05, 0.1) is 18.3 Å². The summed E-state index contributed by atoms with van der Waals surface area (Å²) in [5.41, 5.74) is 0. The molecule has 0 spiro atoms. The molecule has 146 valence electrons. The zero-order valence-electron chi connectivity index (χ0n) is 15.9. The van der Waals surface area contributed by atoms with Crippen molar-refractivity contribution in [1.82, 2.24) is 4.90 Å². The molecule has 2 saturated carbocycles. The van der Waals surface area contributed by atoms with Crippen LogP contribution in [0.2, 0.25) is 0 Å². The van der Waals surface area contributed by atoms with Gasteiger partial charge in [-0.3, -0.25) is 19.3 Å². The third-order valence-corrected chi connectivity index (χ3v) is 7.25. The molecule has 3 fully saturated rings. The molecule has 4 aliphatic carbocycles. The zero-order valence-corrected chi connectivity index (χ0v) is 15.9. The van der Waals surface area contributed by atoms with Crippen molar-refractivity contribution in [3.63, 3.8) is 0 Å². The largest absolute Gasteiger partial charge is 0.426 e. The number of esters is 1. The van der Waals surface area contributed by atoms with E-state index < -0.39 is 5.97 Å². The van der Waals surface area contributed by atoms with Gasteiger partial charge < -0.3 is 4.74 Å². The van der Waals surface area contributed by atoms with E-state index in [4.69, 9.17) is 4.74 Å². The molecular formula is C24H21NO4. The van der Waals surface area contributed by atoms with Gasteiger partial charge in [-0.25, -0.2) is 0 Å². The fourth-order valence-electron chi connectivity index (χ4n) is 5.86. The van der Waals surface area contributed by atoms with E-state index in [1.807, 2.05) is 36.4 Å². The highest BCUT2D eigenvalue weighted by atomic mass is 16.5. The molecule has 5 heteroatoms. The number of carbonyl (C=O) groups excluding carboxylic acids is 3. The molecule has 7 rings (SSSR count). The van der Waals surface area contributed by atoms with Gasteiger partial charge in [-0.1, -0.05) is 42.5 Å². The summed E-state index contributed by atoms with van der Waals surface area (Å²) in [6, 6.07) is 13.3. The highest BCUT2D eigenvalue weighted by molar-refractivity contribution is 6.06. The van der Waals surface area contributed by atoms with Crippen LogP contribution in [0.4, 0.5) is 0 Å². The minimum atomic E-state index is -0.431. The number of carbonyl (C=O) groups is 3. The number of nitrogens with zero attached hydrogens (tertiary/aromatic N) is 1. The van der Waals surface area contributed by atoms with Crippen LogP contribution in [-0.4, -0.2) is 29.2 Å². The minimum absolute atomic E-state index is 0.0133. The van der Waals surface area contributed by atoms with Crippen LogP contribution in [0.15, 0.2) is 54.6 Å². The van der Waals surface area contributed by atoms with Crippen LogP contribution in [0.1, 0.15) is 12.8 Å². The first-order valence-corrected chi connectivity index (χ1v) is 10.3. The third-order valence-electron chi connectivity index (χ3n) is 7.25. The Bertz CT molecular complexity index is 1050. The number of benzene rings is 2. The van der Waals surface area contributed by atoms with Crippen LogP contribution < -0.4 is 4.74 Å². The molecule has 5 aliphatic rings. The Kier molecular flexibility index (Phi) is 3.52. The molecule has 6 atom stereocenters. The van der Waals surface area contributed by atoms with E-state index in [9.17, 15) is 14.4 Å². The highest BCUT2D eigenvalue weighted by Gasteiger charge is 2.66. The minimum Gasteiger partial charge on any atom is -0.426 e. The summed E-state index contributed by atoms with van der Waals surface area (Å²) in [7, 11) is 0. The first-order valence-electron chi connectivity index (χ1n) is 10.3. The second-order valence-electron chi connectivity index (χ2n) is 8.72. The number of amides is 2. The summed E-state index contributed by atoms with van der Waals surface area (Å²) in [4.78, 5) is 39.5. The summed E-state index contributed by atoms with van der Waals surface area (Å²) in [6.45, 7) is 0.103. The highest BCUT2D eigenvalue weighted by Crippen LogP contribution is 2.65. The van der Waals surface area contributed by atoms with E-state index in [1.165, 1.54) is 4.90 Å². The van der Waals surface area contributed by atoms with Gasteiger partial charge in [-0.2, -0.15) is 0 Å². The molecule has 1 aliphatic heterocycles. The van der Waals surface area contributed by atoms with Gasteiger partial charge in [0, 0.05) is 6.54 Å². The van der Waals surface area contributed by atoms with E-state index >= 15 is 0 Å². The second-order valence-corrected chi connectivity index (χ2v) is 8.72. The van der Waals surface area contributed by atoms with Crippen LogP contribution in [0.25, 0.3) is 10.8 Å². The lowest BCUT2D eigenvalue weighted by molar-refractivity contribution is -0.141. The number of fused-ring (bicyclic) bond motifs is 1. The molecule has 2 bridgehead atoms. The predicted molar refractivity (Wildman–Crippen MR) is 106 cm³/mol. The lowest BCUT2D eigenvalue weighted by atomic mass is 9.63. The maximum Gasteiger partial charge on any atom is 0.312 e. The fourth-order valence-corrected chi connectivity index (χ4v) is 5.86. The Balaban J connectivity index is 1.13. The number of imide groups is 1. The van der Waals surface area contributed by atoms with E-state index in [-0.39, 0.29) is 48.5 Å². The van der Waals surface area contributed by atoms with Crippen molar-refractivity contribution in [1.29, 1.82) is 0 Å². The van der Waals surface area contributed by atoms with Crippen molar-refractivity contribution in [3.05, 3.63) is 54.6 Å². The van der Waals surface area contributed by atoms with Gasteiger partial charge in [0.25, 0.3) is 0 Å². The molecule has 0 aromatic heterocycles. The van der Waals surface area contributed by atoms with E-state index in [0.717, 1.165) is 17.2 Å². The standard InChI is InChI=1S/C24H21NO4/c26-20(29-15-6-5-13-3-1-2-4-14(13)11-15)9-10-25-23(27)21-16-7-8-17(19-12-18(16)19)22(21)24(25)28/h1-8,11,16-19,21-22H,9-10,12H2. The molecule has 5 nitrogen and oxygen atoms in total. The lowest BCUT2D eigenvalue weighted by Gasteiger charge is -2.37. The first kappa shape index (κ1) is 17.0. The summed E-state index contributed by atoms with van der Waals surface area (Å²) in [5, 5.41) is 2.07. The topological polar surface area (TPSA) is 63.7 Å². The Morgan fingerprint density at radius 2 is 1.59 bits per heavy atom. The molecule has 0 N–H and O–H groups in total. The van der Waals surface area contributed by atoms with Crippen LogP contribution in [0, 0.1) is 35.5 Å². The maximum absolute atomic E-state index is 12.9.